The third kappa shape index (κ3) is 2.91. The van der Waals surface area contributed by atoms with Crippen molar-refractivity contribution in [1.82, 2.24) is 4.90 Å². The number of furan rings is 1. The van der Waals surface area contributed by atoms with E-state index in [-0.39, 0.29) is 0 Å². The summed E-state index contributed by atoms with van der Waals surface area (Å²) >= 11 is 0. The minimum Gasteiger partial charge on any atom is -0.461 e. The lowest BCUT2D eigenvalue weighted by Gasteiger charge is -2.28. The van der Waals surface area contributed by atoms with E-state index >= 15 is 0 Å². The van der Waals surface area contributed by atoms with Crippen LogP contribution in [0.4, 0.5) is 5.69 Å². The molecule has 2 aromatic rings. The monoisotopic (exact) mass is 270 g/mol. The van der Waals surface area contributed by atoms with E-state index in [0.717, 1.165) is 43.6 Å². The number of aliphatic imine (C=N–C) groups is 1. The van der Waals surface area contributed by atoms with Crippen LogP contribution in [0.25, 0.3) is 0 Å². The van der Waals surface area contributed by atoms with Gasteiger partial charge in [-0.05, 0) is 31.2 Å². The zero-order valence-corrected chi connectivity index (χ0v) is 11.6. The van der Waals surface area contributed by atoms with Crippen molar-refractivity contribution in [3.8, 4) is 0 Å². The van der Waals surface area contributed by atoms with Crippen molar-refractivity contribution in [3.05, 3.63) is 54.0 Å². The molecular weight excluding hydrogens is 252 g/mol. The second-order valence-electron chi connectivity index (χ2n) is 4.85. The highest BCUT2D eigenvalue weighted by Crippen LogP contribution is 2.17. The van der Waals surface area contributed by atoms with E-state index in [1.165, 1.54) is 5.56 Å². The lowest BCUT2D eigenvalue weighted by molar-refractivity contribution is 0.0678. The number of hydrogen-bond donors (Lipinski definition) is 0. The van der Waals surface area contributed by atoms with Crippen molar-refractivity contribution >= 4 is 11.5 Å². The molecule has 0 unspecified atom stereocenters. The maximum atomic E-state index is 5.53. The average molecular weight is 270 g/mol. The number of benzene rings is 1. The Hall–Kier alpha value is -2.07. The number of rotatable bonds is 2. The first-order chi connectivity index (χ1) is 9.83. The summed E-state index contributed by atoms with van der Waals surface area (Å²) in [6.07, 6.45) is 1.68. The van der Waals surface area contributed by atoms with Crippen LogP contribution in [0.3, 0.4) is 0 Å². The maximum Gasteiger partial charge on any atom is 0.172 e. The minimum absolute atomic E-state index is 0.730. The summed E-state index contributed by atoms with van der Waals surface area (Å²) < 4.78 is 10.9. The molecule has 1 fully saturated rings. The summed E-state index contributed by atoms with van der Waals surface area (Å²) in [5, 5.41) is 0. The summed E-state index contributed by atoms with van der Waals surface area (Å²) in [7, 11) is 0. The van der Waals surface area contributed by atoms with Crippen molar-refractivity contribution in [2.45, 2.75) is 6.92 Å². The number of nitrogens with zero attached hydrogens (tertiary/aromatic N) is 2. The Kier molecular flexibility index (Phi) is 3.83. The molecule has 0 bridgehead atoms. The Morgan fingerprint density at radius 2 is 1.85 bits per heavy atom. The molecule has 0 amide bonds. The zero-order valence-electron chi connectivity index (χ0n) is 11.6. The highest BCUT2D eigenvalue weighted by Gasteiger charge is 2.18. The van der Waals surface area contributed by atoms with E-state index in [0.29, 0.717) is 0 Å². The second-order valence-corrected chi connectivity index (χ2v) is 4.85. The first-order valence-corrected chi connectivity index (χ1v) is 6.85. The maximum absolute atomic E-state index is 5.53. The Morgan fingerprint density at radius 1 is 1.10 bits per heavy atom. The zero-order chi connectivity index (χ0) is 13.8. The quantitative estimate of drug-likeness (QED) is 0.622. The van der Waals surface area contributed by atoms with Crippen molar-refractivity contribution in [1.29, 1.82) is 0 Å². The molecule has 20 heavy (non-hydrogen) atoms. The van der Waals surface area contributed by atoms with Gasteiger partial charge in [0.05, 0.1) is 25.2 Å². The summed E-state index contributed by atoms with van der Waals surface area (Å²) in [6, 6.07) is 12.0. The highest BCUT2D eigenvalue weighted by atomic mass is 16.5. The number of amidine groups is 1. The smallest absolute Gasteiger partial charge is 0.172 e. The molecule has 0 spiro atoms. The van der Waals surface area contributed by atoms with Crippen LogP contribution < -0.4 is 0 Å². The molecule has 4 heteroatoms. The van der Waals surface area contributed by atoms with E-state index < -0.39 is 0 Å². The van der Waals surface area contributed by atoms with Gasteiger partial charge in [-0.3, -0.25) is 0 Å². The van der Waals surface area contributed by atoms with E-state index in [2.05, 4.69) is 24.0 Å². The molecule has 3 rings (SSSR count). The Morgan fingerprint density at radius 3 is 2.50 bits per heavy atom. The summed E-state index contributed by atoms with van der Waals surface area (Å²) in [5.74, 6) is 1.68. The third-order valence-corrected chi connectivity index (χ3v) is 3.32. The third-order valence-electron chi connectivity index (χ3n) is 3.32. The molecule has 0 aliphatic carbocycles. The van der Waals surface area contributed by atoms with Crippen LogP contribution in [0.5, 0.6) is 0 Å². The molecule has 1 aromatic carbocycles. The van der Waals surface area contributed by atoms with Crippen molar-refractivity contribution in [2.75, 3.05) is 26.3 Å². The van der Waals surface area contributed by atoms with Gasteiger partial charge in [0.25, 0.3) is 0 Å². The van der Waals surface area contributed by atoms with Gasteiger partial charge in [0, 0.05) is 13.1 Å². The summed E-state index contributed by atoms with van der Waals surface area (Å²) in [4.78, 5) is 6.97. The Balaban J connectivity index is 1.94. The normalized spacial score (nSPS) is 16.4. The van der Waals surface area contributed by atoms with E-state index in [1.807, 2.05) is 24.3 Å². The predicted octanol–water partition coefficient (Wildman–Crippen LogP) is 3.00. The molecule has 0 saturated carbocycles. The first kappa shape index (κ1) is 12.9. The van der Waals surface area contributed by atoms with Crippen LogP contribution in [-0.4, -0.2) is 37.0 Å². The van der Waals surface area contributed by atoms with Gasteiger partial charge in [0.15, 0.2) is 11.6 Å². The van der Waals surface area contributed by atoms with Crippen molar-refractivity contribution in [2.24, 2.45) is 4.99 Å². The lowest BCUT2D eigenvalue weighted by Crippen LogP contribution is -2.41. The number of morpholine rings is 1. The molecule has 104 valence electrons. The highest BCUT2D eigenvalue weighted by molar-refractivity contribution is 5.98. The SMILES string of the molecule is Cc1ccc(N=C(c2ccco2)N2CCOCC2)cc1. The molecule has 1 aromatic heterocycles. The molecule has 1 aliphatic rings. The summed E-state index contributed by atoms with van der Waals surface area (Å²) in [6.45, 7) is 5.21. The fourth-order valence-corrected chi connectivity index (χ4v) is 2.20. The van der Waals surface area contributed by atoms with Gasteiger partial charge < -0.3 is 14.1 Å². The van der Waals surface area contributed by atoms with Gasteiger partial charge in [-0.2, -0.15) is 0 Å². The standard InChI is InChI=1S/C16H18N2O2/c1-13-4-6-14(7-5-13)17-16(15-3-2-10-20-15)18-8-11-19-12-9-18/h2-7,10H,8-9,11-12H2,1H3. The van der Waals surface area contributed by atoms with Gasteiger partial charge in [-0.25, -0.2) is 4.99 Å². The fraction of sp³-hybridized carbons (Fsp3) is 0.312. The molecule has 0 N–H and O–H groups in total. The van der Waals surface area contributed by atoms with Crippen LogP contribution in [0.15, 0.2) is 52.1 Å². The van der Waals surface area contributed by atoms with Gasteiger partial charge in [0.2, 0.25) is 0 Å². The van der Waals surface area contributed by atoms with Gasteiger partial charge in [-0.1, -0.05) is 17.7 Å². The topological polar surface area (TPSA) is 38.0 Å². The van der Waals surface area contributed by atoms with Crippen molar-refractivity contribution < 1.29 is 9.15 Å². The fourth-order valence-electron chi connectivity index (χ4n) is 2.20. The number of ether oxygens (including phenoxy) is 1. The molecular formula is C16H18N2O2. The number of aryl methyl sites for hydroxylation is 1. The molecule has 1 aliphatic heterocycles. The van der Waals surface area contributed by atoms with Crippen LogP contribution in [0, 0.1) is 6.92 Å². The number of hydrogen-bond acceptors (Lipinski definition) is 3. The van der Waals surface area contributed by atoms with Crippen LogP contribution in [0.1, 0.15) is 11.3 Å². The van der Waals surface area contributed by atoms with Crippen LogP contribution in [-0.2, 0) is 4.74 Å². The van der Waals surface area contributed by atoms with E-state index in [9.17, 15) is 0 Å². The molecule has 0 radical (unpaired) electrons. The van der Waals surface area contributed by atoms with Crippen LogP contribution >= 0.6 is 0 Å². The van der Waals surface area contributed by atoms with E-state index in [1.54, 1.807) is 6.26 Å². The minimum atomic E-state index is 0.730. The average Bonchev–Trinajstić information content (AvgIpc) is 3.01. The lowest BCUT2D eigenvalue weighted by atomic mass is 10.2. The van der Waals surface area contributed by atoms with Gasteiger partial charge >= 0.3 is 0 Å². The van der Waals surface area contributed by atoms with Gasteiger partial charge in [0.1, 0.15) is 0 Å². The Labute approximate surface area is 118 Å². The summed E-state index contributed by atoms with van der Waals surface area (Å²) in [5.41, 5.74) is 2.17. The second kappa shape index (κ2) is 5.92. The molecule has 4 nitrogen and oxygen atoms in total. The molecule has 1 saturated heterocycles. The largest absolute Gasteiger partial charge is 0.461 e. The predicted molar refractivity (Wildman–Crippen MR) is 78.5 cm³/mol. The molecule has 2 heterocycles. The first-order valence-electron chi connectivity index (χ1n) is 6.85. The van der Waals surface area contributed by atoms with E-state index in [4.69, 9.17) is 14.1 Å². The molecule has 0 atom stereocenters. The van der Waals surface area contributed by atoms with Crippen molar-refractivity contribution in [3.63, 3.8) is 0 Å². The van der Waals surface area contributed by atoms with Crippen LogP contribution in [0.2, 0.25) is 0 Å². The Bertz CT molecular complexity index is 567. The van der Waals surface area contributed by atoms with Gasteiger partial charge in [-0.15, -0.1) is 0 Å².